The highest BCUT2D eigenvalue weighted by atomic mass is 32.1. The minimum absolute atomic E-state index is 0.0905. The number of fused-ring (bicyclic) bond motifs is 3. The molecule has 0 aliphatic heterocycles. The Morgan fingerprint density at radius 3 is 2.30 bits per heavy atom. The largest absolute Gasteiger partial charge is 0.308 e. The summed E-state index contributed by atoms with van der Waals surface area (Å²) in [5, 5.41) is 7.11. The molecule has 2 aliphatic rings. The number of hydrogen-bond donors (Lipinski definition) is 1. The number of benzene rings is 1. The molecule has 1 heterocycles. The molecule has 0 amide bonds. The van der Waals surface area contributed by atoms with Gasteiger partial charge in [-0.3, -0.25) is 0 Å². The number of nitrogens with zero attached hydrogens (tertiary/aromatic N) is 1. The van der Waals surface area contributed by atoms with E-state index in [2.05, 4.69) is 47.0 Å². The fraction of sp³-hybridized carbons (Fsp3) is 0.471. The zero-order valence-corrected chi connectivity index (χ0v) is 12.6. The van der Waals surface area contributed by atoms with E-state index >= 15 is 0 Å². The van der Waals surface area contributed by atoms with Gasteiger partial charge < -0.3 is 5.32 Å². The van der Waals surface area contributed by atoms with Gasteiger partial charge in [-0.25, -0.2) is 4.98 Å². The Kier molecular flexibility index (Phi) is 2.93. The smallest absolute Gasteiger partial charge is 0.113 e. The lowest BCUT2D eigenvalue weighted by atomic mass is 9.79. The van der Waals surface area contributed by atoms with E-state index in [-0.39, 0.29) is 5.54 Å². The van der Waals surface area contributed by atoms with Gasteiger partial charge in [0.25, 0.3) is 0 Å². The number of aromatic nitrogens is 1. The Morgan fingerprint density at radius 2 is 1.80 bits per heavy atom. The quantitative estimate of drug-likeness (QED) is 0.914. The van der Waals surface area contributed by atoms with Crippen molar-refractivity contribution in [3.63, 3.8) is 0 Å². The summed E-state index contributed by atoms with van der Waals surface area (Å²) in [6.07, 6.45) is 6.97. The van der Waals surface area contributed by atoms with Gasteiger partial charge >= 0.3 is 0 Å². The van der Waals surface area contributed by atoms with Crippen molar-refractivity contribution >= 4 is 11.3 Å². The highest BCUT2D eigenvalue weighted by molar-refractivity contribution is 7.09. The van der Waals surface area contributed by atoms with E-state index in [1.807, 2.05) is 17.5 Å². The topological polar surface area (TPSA) is 24.9 Å². The highest BCUT2D eigenvalue weighted by Gasteiger charge is 2.53. The molecule has 20 heavy (non-hydrogen) atoms. The first-order valence-corrected chi connectivity index (χ1v) is 8.38. The fourth-order valence-corrected chi connectivity index (χ4v) is 5.50. The molecule has 1 aromatic heterocycles. The van der Waals surface area contributed by atoms with Crippen LogP contribution in [0.4, 0.5) is 0 Å². The molecular weight excluding hydrogens is 264 g/mol. The van der Waals surface area contributed by atoms with Gasteiger partial charge in [0.2, 0.25) is 0 Å². The first-order chi connectivity index (χ1) is 9.84. The van der Waals surface area contributed by atoms with Crippen LogP contribution in [-0.4, -0.2) is 12.0 Å². The van der Waals surface area contributed by atoms with Gasteiger partial charge in [0, 0.05) is 11.6 Å². The Bertz CT molecular complexity index is 572. The third-order valence-corrected chi connectivity index (χ3v) is 6.33. The average Bonchev–Trinajstić information content (AvgIpc) is 3.05. The van der Waals surface area contributed by atoms with E-state index in [1.165, 1.54) is 30.7 Å². The van der Waals surface area contributed by atoms with Crippen LogP contribution in [-0.2, 0) is 18.4 Å². The molecule has 4 rings (SSSR count). The third-order valence-electron chi connectivity index (χ3n) is 5.40. The second-order valence-corrected chi connectivity index (χ2v) is 7.00. The zero-order chi connectivity index (χ0) is 13.6. The van der Waals surface area contributed by atoms with Crippen LogP contribution in [0.1, 0.15) is 29.0 Å². The number of thiazole rings is 1. The normalized spacial score (nSPS) is 31.9. The molecule has 0 spiro atoms. The predicted molar refractivity (Wildman–Crippen MR) is 82.9 cm³/mol. The molecule has 104 valence electrons. The van der Waals surface area contributed by atoms with Crippen LogP contribution >= 0.6 is 11.3 Å². The van der Waals surface area contributed by atoms with Crippen molar-refractivity contribution in [1.82, 2.24) is 10.3 Å². The van der Waals surface area contributed by atoms with Crippen molar-refractivity contribution < 1.29 is 0 Å². The second-order valence-electron chi connectivity index (χ2n) is 6.10. The minimum atomic E-state index is 0.0905. The summed E-state index contributed by atoms with van der Waals surface area (Å²) < 4.78 is 0. The molecule has 0 saturated heterocycles. The van der Waals surface area contributed by atoms with Crippen LogP contribution in [0, 0.1) is 11.8 Å². The van der Waals surface area contributed by atoms with Gasteiger partial charge in [0.1, 0.15) is 5.01 Å². The van der Waals surface area contributed by atoms with Gasteiger partial charge in [0.15, 0.2) is 0 Å². The van der Waals surface area contributed by atoms with E-state index in [0.717, 1.165) is 0 Å². The molecule has 1 aromatic carbocycles. The van der Waals surface area contributed by atoms with Crippen molar-refractivity contribution in [3.8, 4) is 0 Å². The molecule has 1 N–H and O–H groups in total. The van der Waals surface area contributed by atoms with Crippen LogP contribution in [0.2, 0.25) is 0 Å². The Hall–Kier alpha value is -1.19. The summed E-state index contributed by atoms with van der Waals surface area (Å²) in [5.41, 5.74) is 3.19. The predicted octanol–water partition coefficient (Wildman–Crippen LogP) is 3.38. The van der Waals surface area contributed by atoms with Gasteiger partial charge in [-0.05, 0) is 55.7 Å². The lowest BCUT2D eigenvalue weighted by Crippen LogP contribution is -2.48. The summed E-state index contributed by atoms with van der Waals surface area (Å²) in [4.78, 5) is 4.68. The SMILES string of the molecule is CNC1(c2nccs2)C2CCC1Cc1ccccc1C2. The number of nitrogens with one attached hydrogen (secondary N) is 1. The molecule has 0 radical (unpaired) electrons. The van der Waals surface area contributed by atoms with Crippen LogP contribution in [0.25, 0.3) is 0 Å². The van der Waals surface area contributed by atoms with Gasteiger partial charge in [-0.2, -0.15) is 0 Å². The molecule has 2 bridgehead atoms. The Labute approximate surface area is 124 Å². The number of rotatable bonds is 2. The summed E-state index contributed by atoms with van der Waals surface area (Å²) in [6, 6.07) is 9.00. The summed E-state index contributed by atoms with van der Waals surface area (Å²) >= 11 is 1.81. The lowest BCUT2D eigenvalue weighted by molar-refractivity contribution is 0.201. The molecule has 2 aliphatic carbocycles. The van der Waals surface area contributed by atoms with E-state index in [1.54, 1.807) is 11.1 Å². The van der Waals surface area contributed by atoms with Gasteiger partial charge in [-0.15, -0.1) is 11.3 Å². The van der Waals surface area contributed by atoms with Crippen molar-refractivity contribution in [1.29, 1.82) is 0 Å². The number of hydrogen-bond acceptors (Lipinski definition) is 3. The van der Waals surface area contributed by atoms with Crippen molar-refractivity contribution in [3.05, 3.63) is 52.0 Å². The fourth-order valence-electron chi connectivity index (χ4n) is 4.50. The van der Waals surface area contributed by atoms with Gasteiger partial charge in [-0.1, -0.05) is 24.3 Å². The summed E-state index contributed by atoms with van der Waals surface area (Å²) in [6.45, 7) is 0. The maximum Gasteiger partial charge on any atom is 0.113 e. The molecule has 2 aromatic rings. The van der Waals surface area contributed by atoms with E-state index < -0.39 is 0 Å². The molecule has 1 saturated carbocycles. The maximum absolute atomic E-state index is 4.68. The third kappa shape index (κ3) is 1.63. The first kappa shape index (κ1) is 12.5. The van der Waals surface area contributed by atoms with Crippen LogP contribution in [0.15, 0.2) is 35.8 Å². The average molecular weight is 284 g/mol. The van der Waals surface area contributed by atoms with Crippen LogP contribution in [0.5, 0.6) is 0 Å². The maximum atomic E-state index is 4.68. The molecule has 2 unspecified atom stereocenters. The van der Waals surface area contributed by atoms with Crippen molar-refractivity contribution in [2.24, 2.45) is 11.8 Å². The van der Waals surface area contributed by atoms with Crippen molar-refractivity contribution in [2.75, 3.05) is 7.05 Å². The molecule has 1 fully saturated rings. The van der Waals surface area contributed by atoms with Crippen LogP contribution in [0.3, 0.4) is 0 Å². The van der Waals surface area contributed by atoms with Crippen molar-refractivity contribution in [2.45, 2.75) is 31.2 Å². The second kappa shape index (κ2) is 4.68. The monoisotopic (exact) mass is 284 g/mol. The molecular formula is C17H20N2S. The van der Waals surface area contributed by atoms with E-state index in [0.29, 0.717) is 11.8 Å². The molecule has 3 heteroatoms. The Morgan fingerprint density at radius 1 is 1.15 bits per heavy atom. The van der Waals surface area contributed by atoms with E-state index in [9.17, 15) is 0 Å². The standard InChI is InChI=1S/C17H20N2S/c1-18-17(16-19-8-9-20-16)14-6-7-15(17)11-13-5-3-2-4-12(13)10-14/h2-5,8-9,14-15,18H,6-7,10-11H2,1H3. The van der Waals surface area contributed by atoms with Gasteiger partial charge in [0.05, 0.1) is 5.54 Å². The zero-order valence-electron chi connectivity index (χ0n) is 11.8. The van der Waals surface area contributed by atoms with Crippen LogP contribution < -0.4 is 5.32 Å². The first-order valence-electron chi connectivity index (χ1n) is 7.50. The lowest BCUT2D eigenvalue weighted by Gasteiger charge is -2.37. The highest BCUT2D eigenvalue weighted by Crippen LogP contribution is 2.52. The molecule has 2 nitrogen and oxygen atoms in total. The van der Waals surface area contributed by atoms with E-state index in [4.69, 9.17) is 0 Å². The minimum Gasteiger partial charge on any atom is -0.308 e. The molecule has 2 atom stereocenters. The Balaban J connectivity index is 1.84. The summed E-state index contributed by atoms with van der Waals surface area (Å²) in [7, 11) is 2.13. The summed E-state index contributed by atoms with van der Waals surface area (Å²) in [5.74, 6) is 1.35.